The molecule has 104 valence electrons. The summed E-state index contributed by atoms with van der Waals surface area (Å²) in [6, 6.07) is 12.0. The van der Waals surface area contributed by atoms with Gasteiger partial charge in [0.25, 0.3) is 0 Å². The summed E-state index contributed by atoms with van der Waals surface area (Å²) in [7, 11) is 0. The molecule has 4 rings (SSSR count). The molecule has 3 heterocycles. The van der Waals surface area contributed by atoms with Crippen LogP contribution in [-0.2, 0) is 0 Å². The van der Waals surface area contributed by atoms with E-state index in [0.29, 0.717) is 6.61 Å². The fourth-order valence-electron chi connectivity index (χ4n) is 2.76. The SMILES string of the molecule is Cc1nnc2n1[C@@H](c1cccnc1)COc1ccccc1-2. The van der Waals surface area contributed by atoms with E-state index in [4.69, 9.17) is 4.74 Å². The minimum Gasteiger partial charge on any atom is -0.490 e. The minimum atomic E-state index is 0.0242. The van der Waals surface area contributed by atoms with Crippen LogP contribution < -0.4 is 4.74 Å². The first-order chi connectivity index (χ1) is 10.3. The number of pyridine rings is 1. The number of aryl methyl sites for hydroxylation is 1. The molecule has 0 unspecified atom stereocenters. The molecule has 5 heteroatoms. The van der Waals surface area contributed by atoms with Crippen molar-refractivity contribution in [3.63, 3.8) is 0 Å². The highest BCUT2D eigenvalue weighted by Crippen LogP contribution is 2.36. The van der Waals surface area contributed by atoms with Gasteiger partial charge >= 0.3 is 0 Å². The normalized spacial score (nSPS) is 16.5. The summed E-state index contributed by atoms with van der Waals surface area (Å²) in [4.78, 5) is 4.22. The Bertz CT molecular complexity index is 782. The number of aromatic nitrogens is 4. The van der Waals surface area contributed by atoms with Gasteiger partial charge < -0.3 is 4.74 Å². The van der Waals surface area contributed by atoms with Crippen LogP contribution in [0.5, 0.6) is 5.75 Å². The van der Waals surface area contributed by atoms with Gasteiger partial charge in [-0.3, -0.25) is 9.55 Å². The Hall–Kier alpha value is -2.69. The molecule has 0 saturated carbocycles. The highest BCUT2D eigenvalue weighted by molar-refractivity contribution is 5.65. The van der Waals surface area contributed by atoms with Crippen molar-refractivity contribution in [1.82, 2.24) is 19.7 Å². The van der Waals surface area contributed by atoms with E-state index < -0.39 is 0 Å². The summed E-state index contributed by atoms with van der Waals surface area (Å²) in [5.74, 6) is 2.56. The number of para-hydroxylation sites is 1. The maximum Gasteiger partial charge on any atom is 0.168 e. The van der Waals surface area contributed by atoms with Crippen LogP contribution in [0.3, 0.4) is 0 Å². The molecule has 5 nitrogen and oxygen atoms in total. The van der Waals surface area contributed by atoms with Crippen molar-refractivity contribution >= 4 is 0 Å². The number of ether oxygens (including phenoxy) is 1. The molecule has 1 aliphatic heterocycles. The zero-order valence-electron chi connectivity index (χ0n) is 11.6. The molecular formula is C16H14N4O. The molecule has 0 aliphatic carbocycles. The Labute approximate surface area is 122 Å². The Morgan fingerprint density at radius 1 is 1.14 bits per heavy atom. The second-order valence-electron chi connectivity index (χ2n) is 5.05. The number of benzene rings is 1. The molecule has 2 aromatic heterocycles. The minimum absolute atomic E-state index is 0.0242. The summed E-state index contributed by atoms with van der Waals surface area (Å²) in [6.07, 6.45) is 3.64. The molecule has 0 spiro atoms. The van der Waals surface area contributed by atoms with Crippen LogP contribution in [-0.4, -0.2) is 26.4 Å². The van der Waals surface area contributed by atoms with E-state index in [2.05, 4.69) is 25.8 Å². The number of hydrogen-bond donors (Lipinski definition) is 0. The van der Waals surface area contributed by atoms with Crippen LogP contribution in [0.1, 0.15) is 17.4 Å². The van der Waals surface area contributed by atoms with Crippen LogP contribution in [0.4, 0.5) is 0 Å². The molecule has 21 heavy (non-hydrogen) atoms. The van der Waals surface area contributed by atoms with Crippen LogP contribution in [0.15, 0.2) is 48.8 Å². The van der Waals surface area contributed by atoms with Gasteiger partial charge in [0.1, 0.15) is 18.2 Å². The summed E-state index contributed by atoms with van der Waals surface area (Å²) < 4.78 is 8.12. The molecular weight excluding hydrogens is 264 g/mol. The first-order valence-electron chi connectivity index (χ1n) is 6.88. The Morgan fingerprint density at radius 2 is 2.05 bits per heavy atom. The second-order valence-corrected chi connectivity index (χ2v) is 5.05. The van der Waals surface area contributed by atoms with Gasteiger partial charge in [0.2, 0.25) is 0 Å². The molecule has 0 bridgehead atoms. The largest absolute Gasteiger partial charge is 0.490 e. The van der Waals surface area contributed by atoms with E-state index >= 15 is 0 Å². The Balaban J connectivity index is 1.93. The van der Waals surface area contributed by atoms with Crippen molar-refractivity contribution < 1.29 is 4.74 Å². The van der Waals surface area contributed by atoms with Gasteiger partial charge in [-0.1, -0.05) is 18.2 Å². The van der Waals surface area contributed by atoms with Crippen LogP contribution in [0.25, 0.3) is 11.4 Å². The summed E-state index contributed by atoms with van der Waals surface area (Å²) in [6.45, 7) is 2.50. The molecule has 1 atom stereocenters. The van der Waals surface area contributed by atoms with Crippen molar-refractivity contribution in [2.75, 3.05) is 6.61 Å². The third kappa shape index (κ3) is 1.89. The van der Waals surface area contributed by atoms with Crippen molar-refractivity contribution in [3.05, 3.63) is 60.2 Å². The first-order valence-corrected chi connectivity index (χ1v) is 6.88. The van der Waals surface area contributed by atoms with Crippen molar-refractivity contribution in [1.29, 1.82) is 0 Å². The van der Waals surface area contributed by atoms with E-state index in [-0.39, 0.29) is 6.04 Å². The molecule has 0 N–H and O–H groups in total. The zero-order valence-corrected chi connectivity index (χ0v) is 11.6. The molecule has 0 fully saturated rings. The molecule has 0 amide bonds. The fraction of sp³-hybridized carbons (Fsp3) is 0.188. The van der Waals surface area contributed by atoms with E-state index in [1.807, 2.05) is 43.5 Å². The van der Waals surface area contributed by atoms with Gasteiger partial charge in [0.15, 0.2) is 5.82 Å². The fourth-order valence-corrected chi connectivity index (χ4v) is 2.76. The highest BCUT2D eigenvalue weighted by Gasteiger charge is 2.27. The number of fused-ring (bicyclic) bond motifs is 3. The van der Waals surface area contributed by atoms with Gasteiger partial charge in [0.05, 0.1) is 11.6 Å². The summed E-state index contributed by atoms with van der Waals surface area (Å²) >= 11 is 0. The van der Waals surface area contributed by atoms with Crippen LogP contribution in [0, 0.1) is 6.92 Å². The van der Waals surface area contributed by atoms with Crippen molar-refractivity contribution in [2.45, 2.75) is 13.0 Å². The predicted octanol–water partition coefficient (Wildman–Crippen LogP) is 2.63. The van der Waals surface area contributed by atoms with Gasteiger partial charge in [-0.15, -0.1) is 10.2 Å². The first kappa shape index (κ1) is 12.1. The molecule has 0 radical (unpaired) electrons. The van der Waals surface area contributed by atoms with Gasteiger partial charge in [-0.2, -0.15) is 0 Å². The van der Waals surface area contributed by atoms with E-state index in [0.717, 1.165) is 28.5 Å². The summed E-state index contributed by atoms with van der Waals surface area (Å²) in [5, 5.41) is 8.60. The number of hydrogen-bond acceptors (Lipinski definition) is 4. The Morgan fingerprint density at radius 3 is 2.90 bits per heavy atom. The third-order valence-electron chi connectivity index (χ3n) is 3.77. The average molecular weight is 278 g/mol. The lowest BCUT2D eigenvalue weighted by atomic mass is 10.1. The van der Waals surface area contributed by atoms with Crippen molar-refractivity contribution in [2.24, 2.45) is 0 Å². The maximum atomic E-state index is 5.99. The zero-order chi connectivity index (χ0) is 14.2. The van der Waals surface area contributed by atoms with E-state index in [1.54, 1.807) is 6.20 Å². The van der Waals surface area contributed by atoms with E-state index in [9.17, 15) is 0 Å². The monoisotopic (exact) mass is 278 g/mol. The average Bonchev–Trinajstić information content (AvgIpc) is 2.82. The maximum absolute atomic E-state index is 5.99. The quantitative estimate of drug-likeness (QED) is 0.686. The molecule has 1 aromatic carbocycles. The predicted molar refractivity (Wildman–Crippen MR) is 78.1 cm³/mol. The van der Waals surface area contributed by atoms with Gasteiger partial charge in [-0.05, 0) is 30.7 Å². The number of nitrogens with zero attached hydrogens (tertiary/aromatic N) is 4. The topological polar surface area (TPSA) is 52.8 Å². The lowest BCUT2D eigenvalue weighted by Crippen LogP contribution is -2.18. The molecule has 0 saturated heterocycles. The lowest BCUT2D eigenvalue weighted by molar-refractivity contribution is 0.278. The lowest BCUT2D eigenvalue weighted by Gasteiger charge is -2.18. The Kier molecular flexibility index (Phi) is 2.70. The van der Waals surface area contributed by atoms with Crippen molar-refractivity contribution in [3.8, 4) is 17.1 Å². The smallest absolute Gasteiger partial charge is 0.168 e. The van der Waals surface area contributed by atoms with Crippen LogP contribution in [0.2, 0.25) is 0 Å². The molecule has 1 aliphatic rings. The number of rotatable bonds is 1. The van der Waals surface area contributed by atoms with E-state index in [1.165, 1.54) is 0 Å². The standard InChI is InChI=1S/C16H14N4O/c1-11-18-19-16-13-6-2-3-7-15(13)21-10-14(20(11)16)12-5-4-8-17-9-12/h2-9,14H,10H2,1H3/t14-/m1/s1. The van der Waals surface area contributed by atoms with Gasteiger partial charge in [0, 0.05) is 12.4 Å². The van der Waals surface area contributed by atoms with Gasteiger partial charge in [-0.25, -0.2) is 0 Å². The highest BCUT2D eigenvalue weighted by atomic mass is 16.5. The van der Waals surface area contributed by atoms with Crippen LogP contribution >= 0.6 is 0 Å². The summed E-state index contributed by atoms with van der Waals surface area (Å²) in [5.41, 5.74) is 2.07. The second kappa shape index (κ2) is 4.70. The molecule has 3 aromatic rings. The third-order valence-corrected chi connectivity index (χ3v) is 3.77.